The summed E-state index contributed by atoms with van der Waals surface area (Å²) in [6.07, 6.45) is -3.42. The Hall–Kier alpha value is -1.47. The number of carboxylic acid groups (broad SMARTS) is 1. The smallest absolute Gasteiger partial charge is 0.416 e. The largest absolute Gasteiger partial charge is 0.481 e. The number of likely N-dealkylation sites (tertiary alicyclic amines) is 1. The van der Waals surface area contributed by atoms with Gasteiger partial charge in [-0.15, -0.1) is 0 Å². The van der Waals surface area contributed by atoms with Gasteiger partial charge in [-0.1, -0.05) is 40.9 Å². The molecule has 2 unspecified atom stereocenters. The van der Waals surface area contributed by atoms with Gasteiger partial charge in [-0.2, -0.15) is 13.2 Å². The van der Waals surface area contributed by atoms with Crippen molar-refractivity contribution in [3.63, 3.8) is 0 Å². The zero-order chi connectivity index (χ0) is 21.3. The summed E-state index contributed by atoms with van der Waals surface area (Å²) in [7, 11) is 0. The summed E-state index contributed by atoms with van der Waals surface area (Å²) < 4.78 is 40.0. The number of carbonyl (C=O) groups is 1. The second-order valence-electron chi connectivity index (χ2n) is 6.98. The van der Waals surface area contributed by atoms with Crippen molar-refractivity contribution in [2.75, 3.05) is 13.1 Å². The van der Waals surface area contributed by atoms with Crippen LogP contribution < -0.4 is 0 Å². The molecule has 9 heteroatoms. The molecule has 29 heavy (non-hydrogen) atoms. The maximum Gasteiger partial charge on any atom is 0.416 e. The van der Waals surface area contributed by atoms with E-state index in [1.807, 2.05) is 4.90 Å². The molecule has 156 valence electrons. The van der Waals surface area contributed by atoms with Crippen molar-refractivity contribution < 1.29 is 23.1 Å². The number of alkyl halides is 3. The molecule has 3 rings (SSSR count). The Labute approximate surface area is 181 Å². The molecule has 0 radical (unpaired) electrons. The van der Waals surface area contributed by atoms with Gasteiger partial charge in [-0.25, -0.2) is 0 Å². The molecule has 1 fully saturated rings. The monoisotopic (exact) mass is 465 g/mol. The molecule has 1 aliphatic rings. The Morgan fingerprint density at radius 1 is 1.07 bits per heavy atom. The van der Waals surface area contributed by atoms with E-state index in [0.29, 0.717) is 30.0 Å². The Kier molecular flexibility index (Phi) is 6.68. The fourth-order valence-electron chi connectivity index (χ4n) is 3.64. The van der Waals surface area contributed by atoms with E-state index in [-0.39, 0.29) is 22.2 Å². The molecule has 0 saturated carbocycles. The molecule has 0 aliphatic carbocycles. The topological polar surface area (TPSA) is 40.5 Å². The molecule has 0 aromatic heterocycles. The average Bonchev–Trinajstić information content (AvgIpc) is 2.65. The zero-order valence-electron chi connectivity index (χ0n) is 15.0. The Balaban J connectivity index is 2.13. The van der Waals surface area contributed by atoms with E-state index in [1.54, 1.807) is 18.2 Å². The predicted octanol–water partition coefficient (Wildman–Crippen LogP) is 6.55. The van der Waals surface area contributed by atoms with Crippen molar-refractivity contribution in [3.05, 3.63) is 68.2 Å². The van der Waals surface area contributed by atoms with E-state index in [9.17, 15) is 23.1 Å². The molecule has 2 aromatic carbocycles. The third-order valence-electron chi connectivity index (χ3n) is 5.04. The van der Waals surface area contributed by atoms with Gasteiger partial charge in [0.15, 0.2) is 0 Å². The fourth-order valence-corrected chi connectivity index (χ4v) is 4.17. The van der Waals surface area contributed by atoms with Crippen LogP contribution in [0, 0.1) is 5.92 Å². The lowest BCUT2D eigenvalue weighted by atomic mass is 9.90. The van der Waals surface area contributed by atoms with E-state index in [1.165, 1.54) is 6.07 Å². The first-order valence-corrected chi connectivity index (χ1v) is 9.99. The number of hydrogen-bond acceptors (Lipinski definition) is 2. The highest BCUT2D eigenvalue weighted by Gasteiger charge is 2.35. The summed E-state index contributed by atoms with van der Waals surface area (Å²) in [6, 6.07) is 7.26. The molecule has 0 bridgehead atoms. The van der Waals surface area contributed by atoms with Gasteiger partial charge in [0.1, 0.15) is 0 Å². The van der Waals surface area contributed by atoms with Crippen molar-refractivity contribution in [2.24, 2.45) is 5.92 Å². The molecule has 1 aliphatic heterocycles. The SMILES string of the molecule is O=C(O)C1CCCN(C(c2ccc(Cl)c(Cl)c2)c2cc(C(F)(F)F)ccc2Cl)C1. The highest BCUT2D eigenvalue weighted by atomic mass is 35.5. The van der Waals surface area contributed by atoms with Gasteiger partial charge in [-0.3, -0.25) is 9.69 Å². The van der Waals surface area contributed by atoms with Crippen LogP contribution in [-0.4, -0.2) is 29.1 Å². The van der Waals surface area contributed by atoms with Crippen LogP contribution in [0.5, 0.6) is 0 Å². The molecular weight excluding hydrogens is 450 g/mol. The highest BCUT2D eigenvalue weighted by molar-refractivity contribution is 6.42. The number of nitrogens with zero attached hydrogens (tertiary/aromatic N) is 1. The molecule has 1 heterocycles. The van der Waals surface area contributed by atoms with Gasteiger partial charge in [0.25, 0.3) is 0 Å². The van der Waals surface area contributed by atoms with E-state index in [4.69, 9.17) is 34.8 Å². The van der Waals surface area contributed by atoms with E-state index < -0.39 is 29.7 Å². The van der Waals surface area contributed by atoms with Crippen LogP contribution in [0.1, 0.15) is 35.6 Å². The number of hydrogen-bond donors (Lipinski definition) is 1. The lowest BCUT2D eigenvalue weighted by molar-refractivity contribution is -0.143. The van der Waals surface area contributed by atoms with Gasteiger partial charge in [-0.05, 0) is 60.8 Å². The first-order valence-electron chi connectivity index (χ1n) is 8.86. The molecule has 2 atom stereocenters. The van der Waals surface area contributed by atoms with Crippen molar-refractivity contribution in [3.8, 4) is 0 Å². The molecule has 3 nitrogen and oxygen atoms in total. The van der Waals surface area contributed by atoms with Crippen LogP contribution in [-0.2, 0) is 11.0 Å². The second-order valence-corrected chi connectivity index (χ2v) is 8.20. The van der Waals surface area contributed by atoms with Crippen LogP contribution in [0.2, 0.25) is 15.1 Å². The van der Waals surface area contributed by atoms with Crippen LogP contribution >= 0.6 is 34.8 Å². The lowest BCUT2D eigenvalue weighted by Crippen LogP contribution is -2.41. The van der Waals surface area contributed by atoms with Crippen LogP contribution in [0.25, 0.3) is 0 Å². The van der Waals surface area contributed by atoms with Crippen LogP contribution in [0.4, 0.5) is 13.2 Å². The summed E-state index contributed by atoms with van der Waals surface area (Å²) in [6.45, 7) is 0.702. The quantitative estimate of drug-likeness (QED) is 0.555. The van der Waals surface area contributed by atoms with Gasteiger partial charge in [0.2, 0.25) is 0 Å². The van der Waals surface area contributed by atoms with Crippen molar-refractivity contribution in [1.82, 2.24) is 4.90 Å². The van der Waals surface area contributed by atoms with Crippen molar-refractivity contribution in [1.29, 1.82) is 0 Å². The summed E-state index contributed by atoms with van der Waals surface area (Å²) in [5.41, 5.74) is 0.00587. The lowest BCUT2D eigenvalue weighted by Gasteiger charge is -2.38. The molecule has 2 aromatic rings. The second kappa shape index (κ2) is 8.72. The summed E-state index contributed by atoms with van der Waals surface area (Å²) >= 11 is 18.5. The standard InChI is InChI=1S/C20H17Cl3F3NO2/c21-15-6-4-13(20(24,25)26)9-14(15)18(11-3-5-16(22)17(23)8-11)27-7-1-2-12(10-27)19(28)29/h3-6,8-9,12,18H,1-2,7,10H2,(H,28,29). The first kappa shape index (κ1) is 22.2. The number of aliphatic carboxylic acids is 1. The first-order chi connectivity index (χ1) is 13.6. The van der Waals surface area contributed by atoms with Crippen molar-refractivity contribution >= 4 is 40.8 Å². The maximum absolute atomic E-state index is 13.3. The number of piperidine rings is 1. The Morgan fingerprint density at radius 3 is 2.38 bits per heavy atom. The van der Waals surface area contributed by atoms with Gasteiger partial charge < -0.3 is 5.11 Å². The van der Waals surface area contributed by atoms with Gasteiger partial charge in [0, 0.05) is 11.6 Å². The predicted molar refractivity (Wildman–Crippen MR) is 107 cm³/mol. The number of halogens is 6. The molecular formula is C20H17Cl3F3NO2. The van der Waals surface area contributed by atoms with Crippen molar-refractivity contribution in [2.45, 2.75) is 25.1 Å². The molecule has 0 amide bonds. The Bertz CT molecular complexity index is 920. The van der Waals surface area contributed by atoms with E-state index in [0.717, 1.165) is 12.1 Å². The third kappa shape index (κ3) is 5.00. The highest BCUT2D eigenvalue weighted by Crippen LogP contribution is 2.40. The normalized spacial score (nSPS) is 19.2. The number of carboxylic acids is 1. The third-order valence-corrected chi connectivity index (χ3v) is 6.13. The number of benzene rings is 2. The van der Waals surface area contributed by atoms with E-state index in [2.05, 4.69) is 0 Å². The number of rotatable bonds is 4. The average molecular weight is 467 g/mol. The van der Waals surface area contributed by atoms with Crippen LogP contribution in [0.3, 0.4) is 0 Å². The molecule has 1 saturated heterocycles. The summed E-state index contributed by atoms with van der Waals surface area (Å²) in [4.78, 5) is 13.3. The maximum atomic E-state index is 13.3. The molecule has 1 N–H and O–H groups in total. The van der Waals surface area contributed by atoms with Gasteiger partial charge in [0.05, 0.1) is 27.6 Å². The van der Waals surface area contributed by atoms with Gasteiger partial charge >= 0.3 is 12.1 Å². The minimum absolute atomic E-state index is 0.159. The summed E-state index contributed by atoms with van der Waals surface area (Å²) in [5, 5.41) is 10.1. The minimum Gasteiger partial charge on any atom is -0.481 e. The van der Waals surface area contributed by atoms with E-state index >= 15 is 0 Å². The van der Waals surface area contributed by atoms with Crippen LogP contribution in [0.15, 0.2) is 36.4 Å². The Morgan fingerprint density at radius 2 is 1.76 bits per heavy atom. The zero-order valence-corrected chi connectivity index (χ0v) is 17.3. The molecule has 0 spiro atoms. The summed E-state index contributed by atoms with van der Waals surface area (Å²) in [5.74, 6) is -1.55. The fraction of sp³-hybridized carbons (Fsp3) is 0.350. The minimum atomic E-state index is -4.53.